The van der Waals surface area contributed by atoms with Gasteiger partial charge in [0.15, 0.2) is 0 Å². The van der Waals surface area contributed by atoms with Gasteiger partial charge in [-0.15, -0.1) is 11.3 Å². The van der Waals surface area contributed by atoms with Gasteiger partial charge >= 0.3 is 0 Å². The van der Waals surface area contributed by atoms with E-state index in [9.17, 15) is 9.59 Å². The highest BCUT2D eigenvalue weighted by molar-refractivity contribution is 9.10. The van der Waals surface area contributed by atoms with Crippen molar-refractivity contribution in [2.75, 3.05) is 5.32 Å². The lowest BCUT2D eigenvalue weighted by Crippen LogP contribution is -2.17. The maximum absolute atomic E-state index is 12.7. The molecule has 2 N–H and O–H groups in total. The van der Waals surface area contributed by atoms with Crippen LogP contribution in [0.3, 0.4) is 0 Å². The van der Waals surface area contributed by atoms with E-state index < -0.39 is 0 Å². The summed E-state index contributed by atoms with van der Waals surface area (Å²) in [6, 6.07) is 20.0. The molecule has 0 aliphatic heterocycles. The zero-order chi connectivity index (χ0) is 22.7. The van der Waals surface area contributed by atoms with Crippen molar-refractivity contribution in [1.82, 2.24) is 5.43 Å². The van der Waals surface area contributed by atoms with Gasteiger partial charge in [0.25, 0.3) is 11.8 Å². The number of hydrogen-bond acceptors (Lipinski definition) is 4. The van der Waals surface area contributed by atoms with E-state index >= 15 is 0 Å². The number of aryl methyl sites for hydroxylation is 1. The predicted molar refractivity (Wildman–Crippen MR) is 135 cm³/mol. The number of anilines is 1. The van der Waals surface area contributed by atoms with Gasteiger partial charge in [0.2, 0.25) is 0 Å². The molecule has 1 heterocycles. The molecule has 5 nitrogen and oxygen atoms in total. The lowest BCUT2D eigenvalue weighted by atomic mass is 10.2. The van der Waals surface area contributed by atoms with Crippen molar-refractivity contribution in [3.63, 3.8) is 0 Å². The monoisotopic (exact) mass is 525 g/mol. The van der Waals surface area contributed by atoms with Gasteiger partial charge in [-0.3, -0.25) is 9.59 Å². The molecule has 0 atom stereocenters. The molecule has 0 bridgehead atoms. The van der Waals surface area contributed by atoms with Crippen molar-refractivity contribution in [3.8, 4) is 0 Å². The van der Waals surface area contributed by atoms with Crippen LogP contribution in [0.5, 0.6) is 0 Å². The number of nitrogens with one attached hydrogen (secondary N) is 2. The Bertz CT molecular complexity index is 1350. The highest BCUT2D eigenvalue weighted by Gasteiger charge is 2.17. The van der Waals surface area contributed by atoms with E-state index in [4.69, 9.17) is 11.6 Å². The fourth-order valence-electron chi connectivity index (χ4n) is 3.03. The number of amides is 2. The van der Waals surface area contributed by atoms with Crippen LogP contribution in [0.1, 0.15) is 31.2 Å². The first-order valence-electron chi connectivity index (χ1n) is 9.60. The molecule has 2 amide bonds. The first kappa shape index (κ1) is 22.2. The lowest BCUT2D eigenvalue weighted by Gasteiger charge is -2.05. The molecule has 0 saturated carbocycles. The number of halogens is 2. The minimum absolute atomic E-state index is 0.287. The molecule has 160 valence electrons. The molecule has 3 aromatic carbocycles. The Kier molecular flexibility index (Phi) is 6.69. The van der Waals surface area contributed by atoms with Gasteiger partial charge in [-0.05, 0) is 60.5 Å². The molecule has 0 radical (unpaired) electrons. The summed E-state index contributed by atoms with van der Waals surface area (Å²) < 4.78 is 1.90. The Morgan fingerprint density at radius 1 is 1.03 bits per heavy atom. The Morgan fingerprint density at radius 3 is 2.56 bits per heavy atom. The molecule has 0 spiro atoms. The molecule has 1 aromatic heterocycles. The van der Waals surface area contributed by atoms with Crippen LogP contribution in [0.4, 0.5) is 5.69 Å². The largest absolute Gasteiger partial charge is 0.321 e. The molecule has 0 aliphatic rings. The highest BCUT2D eigenvalue weighted by atomic mass is 79.9. The van der Waals surface area contributed by atoms with E-state index in [0.29, 0.717) is 21.2 Å². The molecular weight excluding hydrogens is 510 g/mol. The van der Waals surface area contributed by atoms with Crippen LogP contribution >= 0.6 is 38.9 Å². The number of carbonyl (C=O) groups is 2. The van der Waals surface area contributed by atoms with Crippen molar-refractivity contribution in [2.45, 2.75) is 6.92 Å². The van der Waals surface area contributed by atoms with Gasteiger partial charge in [-0.1, -0.05) is 51.8 Å². The molecule has 32 heavy (non-hydrogen) atoms. The smallest absolute Gasteiger partial charge is 0.271 e. The average Bonchev–Trinajstić information content (AvgIpc) is 3.10. The fourth-order valence-corrected chi connectivity index (χ4v) is 4.96. The third-order valence-electron chi connectivity index (χ3n) is 4.62. The quantitative estimate of drug-likeness (QED) is 0.226. The highest BCUT2D eigenvalue weighted by Crippen LogP contribution is 2.36. The fraction of sp³-hybridized carbons (Fsp3) is 0.0417. The van der Waals surface area contributed by atoms with Crippen molar-refractivity contribution < 1.29 is 9.59 Å². The zero-order valence-electron chi connectivity index (χ0n) is 16.9. The molecule has 0 unspecified atom stereocenters. The van der Waals surface area contributed by atoms with Gasteiger partial charge in [-0.2, -0.15) is 5.10 Å². The Hall–Kier alpha value is -3.00. The second kappa shape index (κ2) is 9.65. The summed E-state index contributed by atoms with van der Waals surface area (Å²) in [7, 11) is 0. The molecule has 4 aromatic rings. The number of hydrazone groups is 1. The van der Waals surface area contributed by atoms with Crippen LogP contribution in [0.15, 0.2) is 76.3 Å². The second-order valence-electron chi connectivity index (χ2n) is 7.03. The number of hydrogen-bond donors (Lipinski definition) is 2. The maximum atomic E-state index is 12.7. The van der Waals surface area contributed by atoms with Crippen LogP contribution in [-0.4, -0.2) is 18.0 Å². The first-order chi connectivity index (χ1) is 15.4. The number of nitrogens with zero attached hydrogens (tertiary/aromatic N) is 1. The number of fused-ring (bicyclic) bond motifs is 1. The summed E-state index contributed by atoms with van der Waals surface area (Å²) in [5, 5.41) is 8.12. The zero-order valence-corrected chi connectivity index (χ0v) is 20.0. The van der Waals surface area contributed by atoms with Crippen LogP contribution in [0.25, 0.3) is 10.1 Å². The average molecular weight is 527 g/mol. The van der Waals surface area contributed by atoms with E-state index in [-0.39, 0.29) is 11.8 Å². The second-order valence-corrected chi connectivity index (χ2v) is 9.38. The molecule has 0 fully saturated rings. The van der Waals surface area contributed by atoms with Crippen LogP contribution in [0, 0.1) is 6.92 Å². The lowest BCUT2D eigenvalue weighted by molar-refractivity contribution is 0.0954. The standard InChI is InChI=1S/C24H17BrClN3O2S/c1-14-5-10-19-20(11-14)32-22(21(19)26)24(31)28-18-8-6-16(7-9-18)23(30)29-27-13-15-3-2-4-17(25)12-15/h2-13H,1H3,(H,28,31)(H,29,30)/b27-13-. The minimum Gasteiger partial charge on any atom is -0.321 e. The number of benzene rings is 3. The number of carbonyl (C=O) groups excluding carboxylic acids is 2. The van der Waals surface area contributed by atoms with Gasteiger partial charge < -0.3 is 5.32 Å². The molecule has 0 aliphatic carbocycles. The molecule has 8 heteroatoms. The Labute approximate surface area is 202 Å². The van der Waals surface area contributed by atoms with Crippen LogP contribution < -0.4 is 10.7 Å². The van der Waals surface area contributed by atoms with Gasteiger partial charge in [0, 0.05) is 25.8 Å². The van der Waals surface area contributed by atoms with E-state index in [1.807, 2.05) is 49.4 Å². The topological polar surface area (TPSA) is 70.6 Å². The minimum atomic E-state index is -0.350. The van der Waals surface area contributed by atoms with E-state index in [0.717, 1.165) is 25.7 Å². The van der Waals surface area contributed by atoms with Gasteiger partial charge in [-0.25, -0.2) is 5.43 Å². The Morgan fingerprint density at radius 2 is 1.81 bits per heavy atom. The van der Waals surface area contributed by atoms with Crippen molar-refractivity contribution in [3.05, 3.63) is 97.8 Å². The summed E-state index contributed by atoms with van der Waals surface area (Å²) in [5.41, 5.74) is 5.44. The molecule has 4 rings (SSSR count). The number of thiophene rings is 1. The van der Waals surface area contributed by atoms with Crippen molar-refractivity contribution in [1.29, 1.82) is 0 Å². The third kappa shape index (κ3) is 5.07. The van der Waals surface area contributed by atoms with E-state index in [1.54, 1.807) is 30.5 Å². The molecular formula is C24H17BrClN3O2S. The van der Waals surface area contributed by atoms with E-state index in [1.165, 1.54) is 11.3 Å². The summed E-state index contributed by atoms with van der Waals surface area (Å²) in [4.78, 5) is 25.5. The van der Waals surface area contributed by atoms with Crippen molar-refractivity contribution in [2.24, 2.45) is 5.10 Å². The summed E-state index contributed by atoms with van der Waals surface area (Å²) in [6.45, 7) is 2.00. The summed E-state index contributed by atoms with van der Waals surface area (Å²) >= 11 is 11.2. The SMILES string of the molecule is Cc1ccc2c(Cl)c(C(=O)Nc3ccc(C(=O)N/N=C\c4cccc(Br)c4)cc3)sc2c1. The first-order valence-corrected chi connectivity index (χ1v) is 11.6. The van der Waals surface area contributed by atoms with E-state index in [2.05, 4.69) is 31.8 Å². The van der Waals surface area contributed by atoms with Crippen molar-refractivity contribution >= 4 is 72.7 Å². The van der Waals surface area contributed by atoms with Crippen LogP contribution in [-0.2, 0) is 0 Å². The summed E-state index contributed by atoms with van der Waals surface area (Å²) in [6.07, 6.45) is 1.56. The maximum Gasteiger partial charge on any atom is 0.271 e. The molecule has 0 saturated heterocycles. The van der Waals surface area contributed by atoms with Gasteiger partial charge in [0.1, 0.15) is 4.88 Å². The third-order valence-corrected chi connectivity index (χ3v) is 6.77. The summed E-state index contributed by atoms with van der Waals surface area (Å²) in [5.74, 6) is -0.637. The van der Waals surface area contributed by atoms with Gasteiger partial charge in [0.05, 0.1) is 11.2 Å². The van der Waals surface area contributed by atoms with Crippen LogP contribution in [0.2, 0.25) is 5.02 Å². The normalized spacial score (nSPS) is 11.1. The number of rotatable bonds is 5. The predicted octanol–water partition coefficient (Wildman–Crippen LogP) is 6.64. The Balaban J connectivity index is 1.40.